The van der Waals surface area contributed by atoms with Gasteiger partial charge in [-0.3, -0.25) is 4.79 Å². The number of carbonyl (C=O) groups excluding carboxylic acids is 1. The van der Waals surface area contributed by atoms with Crippen molar-refractivity contribution >= 4 is 15.7 Å². The Labute approximate surface area is 131 Å². The van der Waals surface area contributed by atoms with E-state index >= 15 is 0 Å². The highest BCUT2D eigenvalue weighted by atomic mass is 32.2. The van der Waals surface area contributed by atoms with Crippen LogP contribution in [0.1, 0.15) is 24.2 Å². The van der Waals surface area contributed by atoms with Crippen LogP contribution in [0.2, 0.25) is 0 Å². The van der Waals surface area contributed by atoms with Crippen LogP contribution in [0.4, 0.5) is 0 Å². The molecule has 1 atom stereocenters. The molecule has 0 aliphatic heterocycles. The van der Waals surface area contributed by atoms with Crippen LogP contribution < -0.4 is 9.47 Å². The molecular weight excluding hydrogens is 306 g/mol. The number of hydrogen-bond donors (Lipinski definition) is 0. The maximum atomic E-state index is 12.6. The van der Waals surface area contributed by atoms with Crippen molar-refractivity contribution in [2.24, 2.45) is 0 Å². The average Bonchev–Trinajstić information content (AvgIpc) is 2.52. The van der Waals surface area contributed by atoms with Crippen molar-refractivity contribution in [2.75, 3.05) is 32.8 Å². The molecule has 0 aliphatic rings. The SMILES string of the molecule is CCS(=O)(=O)C[C@@H](C)N(C)C(=O)c1cc(OC)ccc1OC. The highest BCUT2D eigenvalue weighted by Gasteiger charge is 2.24. The highest BCUT2D eigenvalue weighted by molar-refractivity contribution is 7.91. The lowest BCUT2D eigenvalue weighted by Crippen LogP contribution is -2.39. The highest BCUT2D eigenvalue weighted by Crippen LogP contribution is 2.25. The topological polar surface area (TPSA) is 72.9 Å². The summed E-state index contributed by atoms with van der Waals surface area (Å²) in [5, 5.41) is 0. The Morgan fingerprint density at radius 2 is 1.91 bits per heavy atom. The molecule has 1 aromatic rings. The zero-order valence-electron chi connectivity index (χ0n) is 13.6. The number of nitrogens with zero attached hydrogens (tertiary/aromatic N) is 1. The molecule has 0 unspecified atom stereocenters. The van der Waals surface area contributed by atoms with Crippen molar-refractivity contribution in [2.45, 2.75) is 19.9 Å². The monoisotopic (exact) mass is 329 g/mol. The third-order valence-electron chi connectivity index (χ3n) is 3.55. The third-order valence-corrected chi connectivity index (χ3v) is 5.42. The van der Waals surface area contributed by atoms with Gasteiger partial charge in [0.05, 0.1) is 25.5 Å². The number of rotatable bonds is 7. The molecule has 0 radical (unpaired) electrons. The first-order valence-electron chi connectivity index (χ1n) is 6.95. The second-order valence-corrected chi connectivity index (χ2v) is 7.43. The Kier molecular flexibility index (Phi) is 6.22. The zero-order valence-corrected chi connectivity index (χ0v) is 14.4. The summed E-state index contributed by atoms with van der Waals surface area (Å²) < 4.78 is 33.7. The van der Waals surface area contributed by atoms with Gasteiger partial charge in [0.25, 0.3) is 5.91 Å². The van der Waals surface area contributed by atoms with Gasteiger partial charge < -0.3 is 14.4 Å². The summed E-state index contributed by atoms with van der Waals surface area (Å²) in [6.45, 7) is 3.30. The summed E-state index contributed by atoms with van der Waals surface area (Å²) in [6.07, 6.45) is 0. The number of carbonyl (C=O) groups is 1. The van der Waals surface area contributed by atoms with Gasteiger partial charge >= 0.3 is 0 Å². The van der Waals surface area contributed by atoms with E-state index in [2.05, 4.69) is 0 Å². The van der Waals surface area contributed by atoms with Crippen molar-refractivity contribution in [3.8, 4) is 11.5 Å². The van der Waals surface area contributed by atoms with Crippen LogP contribution in [0.25, 0.3) is 0 Å². The number of amides is 1. The molecule has 0 fully saturated rings. The minimum Gasteiger partial charge on any atom is -0.497 e. The normalized spacial score (nSPS) is 12.6. The molecule has 0 aromatic heterocycles. The molecule has 1 amide bonds. The van der Waals surface area contributed by atoms with E-state index in [0.29, 0.717) is 17.1 Å². The summed E-state index contributed by atoms with van der Waals surface area (Å²) >= 11 is 0. The molecule has 0 saturated carbocycles. The van der Waals surface area contributed by atoms with E-state index in [-0.39, 0.29) is 17.4 Å². The number of hydrogen-bond acceptors (Lipinski definition) is 5. The minimum atomic E-state index is -3.16. The molecule has 0 bridgehead atoms. The maximum absolute atomic E-state index is 12.6. The Morgan fingerprint density at radius 3 is 2.41 bits per heavy atom. The van der Waals surface area contributed by atoms with Crippen LogP contribution in [0.5, 0.6) is 11.5 Å². The average molecular weight is 329 g/mol. The predicted octanol–water partition coefficient (Wildman–Crippen LogP) is 1.60. The fourth-order valence-electron chi connectivity index (χ4n) is 1.97. The lowest BCUT2D eigenvalue weighted by molar-refractivity contribution is 0.0753. The van der Waals surface area contributed by atoms with Crippen LogP contribution in [0, 0.1) is 0 Å². The number of benzene rings is 1. The van der Waals surface area contributed by atoms with Crippen molar-refractivity contribution in [1.82, 2.24) is 4.90 Å². The van der Waals surface area contributed by atoms with Gasteiger partial charge in [-0.15, -0.1) is 0 Å². The van der Waals surface area contributed by atoms with Crippen LogP contribution >= 0.6 is 0 Å². The van der Waals surface area contributed by atoms with Gasteiger partial charge in [0, 0.05) is 18.8 Å². The van der Waals surface area contributed by atoms with Crippen molar-refractivity contribution < 1.29 is 22.7 Å². The molecular formula is C15H23NO5S. The van der Waals surface area contributed by atoms with E-state index in [1.807, 2.05) is 0 Å². The summed E-state index contributed by atoms with van der Waals surface area (Å²) in [5.74, 6) is 0.629. The first-order valence-corrected chi connectivity index (χ1v) is 8.77. The van der Waals surface area contributed by atoms with Crippen LogP contribution in [0.3, 0.4) is 0 Å². The molecule has 0 N–H and O–H groups in total. The van der Waals surface area contributed by atoms with Gasteiger partial charge in [-0.25, -0.2) is 8.42 Å². The van der Waals surface area contributed by atoms with Gasteiger partial charge in [-0.1, -0.05) is 6.92 Å². The molecule has 7 heteroatoms. The molecule has 0 heterocycles. The Hall–Kier alpha value is -1.76. The van der Waals surface area contributed by atoms with Gasteiger partial charge in [-0.2, -0.15) is 0 Å². The van der Waals surface area contributed by atoms with E-state index in [1.165, 1.54) is 19.1 Å². The van der Waals surface area contributed by atoms with Gasteiger partial charge in [0.15, 0.2) is 9.84 Å². The van der Waals surface area contributed by atoms with E-state index < -0.39 is 15.9 Å². The van der Waals surface area contributed by atoms with Crippen LogP contribution in [-0.4, -0.2) is 58.0 Å². The molecule has 6 nitrogen and oxygen atoms in total. The van der Waals surface area contributed by atoms with E-state index in [4.69, 9.17) is 9.47 Å². The molecule has 1 aromatic carbocycles. The first-order chi connectivity index (χ1) is 10.3. The molecule has 0 saturated heterocycles. The summed E-state index contributed by atoms with van der Waals surface area (Å²) in [4.78, 5) is 14.0. The third kappa shape index (κ3) is 4.37. The second-order valence-electron chi connectivity index (χ2n) is 5.03. The van der Waals surface area contributed by atoms with Gasteiger partial charge in [0.1, 0.15) is 11.5 Å². The zero-order chi connectivity index (χ0) is 16.9. The maximum Gasteiger partial charge on any atom is 0.257 e. The Balaban J connectivity index is 3.04. The quantitative estimate of drug-likeness (QED) is 0.760. The summed E-state index contributed by atoms with van der Waals surface area (Å²) in [7, 11) is 1.41. The van der Waals surface area contributed by atoms with E-state index in [0.717, 1.165) is 0 Å². The summed E-state index contributed by atoms with van der Waals surface area (Å²) in [5.41, 5.74) is 0.338. The van der Waals surface area contributed by atoms with Crippen molar-refractivity contribution in [1.29, 1.82) is 0 Å². The fraction of sp³-hybridized carbons (Fsp3) is 0.533. The standard InChI is InChI=1S/C15H23NO5S/c1-6-22(18,19)10-11(2)16(3)15(17)13-9-12(20-4)7-8-14(13)21-5/h7-9,11H,6,10H2,1-5H3/t11-/m1/s1. The summed E-state index contributed by atoms with van der Waals surface area (Å²) in [6, 6.07) is 4.49. The largest absolute Gasteiger partial charge is 0.497 e. The second kappa shape index (κ2) is 7.49. The van der Waals surface area contributed by atoms with Gasteiger partial charge in [-0.05, 0) is 25.1 Å². The molecule has 22 heavy (non-hydrogen) atoms. The number of methoxy groups -OCH3 is 2. The lowest BCUT2D eigenvalue weighted by Gasteiger charge is -2.25. The van der Waals surface area contributed by atoms with Crippen molar-refractivity contribution in [3.63, 3.8) is 0 Å². The van der Waals surface area contributed by atoms with Gasteiger partial charge in [0.2, 0.25) is 0 Å². The smallest absolute Gasteiger partial charge is 0.257 e. The minimum absolute atomic E-state index is 0.0574. The molecule has 0 spiro atoms. The van der Waals surface area contributed by atoms with Crippen LogP contribution in [0.15, 0.2) is 18.2 Å². The van der Waals surface area contributed by atoms with E-state index in [1.54, 1.807) is 39.1 Å². The predicted molar refractivity (Wildman–Crippen MR) is 85.4 cm³/mol. The van der Waals surface area contributed by atoms with E-state index in [9.17, 15) is 13.2 Å². The molecule has 0 aliphatic carbocycles. The fourth-order valence-corrected chi connectivity index (χ4v) is 3.16. The van der Waals surface area contributed by atoms with Crippen molar-refractivity contribution in [3.05, 3.63) is 23.8 Å². The number of ether oxygens (including phenoxy) is 2. The number of sulfone groups is 1. The lowest BCUT2D eigenvalue weighted by atomic mass is 10.1. The first kappa shape index (κ1) is 18.3. The Morgan fingerprint density at radius 1 is 1.27 bits per heavy atom. The Bertz CT molecular complexity index is 627. The van der Waals surface area contributed by atoms with Crippen LogP contribution in [-0.2, 0) is 9.84 Å². The molecule has 124 valence electrons. The molecule has 1 rings (SSSR count).